The molecule has 1 aromatic heterocycles. The van der Waals surface area contributed by atoms with Crippen LogP contribution in [-0.4, -0.2) is 46.3 Å². The first-order valence-corrected chi connectivity index (χ1v) is 7.17. The lowest BCUT2D eigenvalue weighted by Crippen LogP contribution is -2.40. The first kappa shape index (κ1) is 15.0. The Bertz CT molecular complexity index is 472. The fourth-order valence-electron chi connectivity index (χ4n) is 1.68. The molecule has 0 unspecified atom stereocenters. The average molecular weight is 308 g/mol. The van der Waals surface area contributed by atoms with Gasteiger partial charge in [0.05, 0.1) is 0 Å². The number of rotatable bonds is 6. The first-order valence-electron chi connectivity index (χ1n) is 6.36. The second-order valence-corrected chi connectivity index (χ2v) is 5.60. The van der Waals surface area contributed by atoms with Crippen LogP contribution in [0.3, 0.4) is 0 Å². The summed E-state index contributed by atoms with van der Waals surface area (Å²) in [7, 11) is 0. The van der Waals surface area contributed by atoms with Gasteiger partial charge in [0, 0.05) is 12.6 Å². The van der Waals surface area contributed by atoms with Crippen molar-refractivity contribution in [2.75, 3.05) is 18.4 Å². The van der Waals surface area contributed by atoms with Crippen LogP contribution in [0.15, 0.2) is 0 Å². The molecular weight excluding hydrogens is 293 g/mol. The largest absolute Gasteiger partial charge is 0.406 e. The third kappa shape index (κ3) is 4.06. The molecule has 1 fully saturated rings. The van der Waals surface area contributed by atoms with Crippen LogP contribution in [0, 0.1) is 0 Å². The van der Waals surface area contributed by atoms with Gasteiger partial charge in [-0.05, 0) is 19.3 Å². The van der Waals surface area contributed by atoms with Crippen molar-refractivity contribution in [2.24, 2.45) is 0 Å². The Morgan fingerprint density at radius 3 is 2.70 bits per heavy atom. The molecular formula is C11H15F3N4OS. The van der Waals surface area contributed by atoms with Crippen molar-refractivity contribution in [3.63, 3.8) is 0 Å². The van der Waals surface area contributed by atoms with E-state index in [1.54, 1.807) is 0 Å². The predicted octanol–water partition coefficient (Wildman–Crippen LogP) is 2.53. The van der Waals surface area contributed by atoms with Crippen molar-refractivity contribution in [2.45, 2.75) is 38.4 Å². The summed E-state index contributed by atoms with van der Waals surface area (Å²) in [5, 5.41) is 10.8. The molecule has 0 saturated heterocycles. The first-order chi connectivity index (χ1) is 9.40. The topological polar surface area (TPSA) is 58.1 Å². The summed E-state index contributed by atoms with van der Waals surface area (Å²) in [5.74, 6) is -0.688. The van der Waals surface area contributed by atoms with E-state index >= 15 is 0 Å². The lowest BCUT2D eigenvalue weighted by atomic mass is 10.4. The molecule has 1 amide bonds. The molecule has 1 heterocycles. The fourth-order valence-corrected chi connectivity index (χ4v) is 2.41. The standard InChI is InChI=1S/C11H15F3N4OS/c1-2-5-15-10-17-16-8(20-10)9(19)18(7-3-4-7)6-11(12,13)14/h7H,2-6H2,1H3,(H,15,17). The summed E-state index contributed by atoms with van der Waals surface area (Å²) in [6, 6.07) is -0.319. The predicted molar refractivity (Wildman–Crippen MR) is 68.8 cm³/mol. The van der Waals surface area contributed by atoms with E-state index in [0.717, 1.165) is 22.7 Å². The minimum atomic E-state index is -4.40. The summed E-state index contributed by atoms with van der Waals surface area (Å²) in [5.41, 5.74) is 0. The molecule has 0 atom stereocenters. The van der Waals surface area contributed by atoms with E-state index in [4.69, 9.17) is 0 Å². The van der Waals surface area contributed by atoms with Crippen LogP contribution in [0.1, 0.15) is 36.0 Å². The molecule has 1 N–H and O–H groups in total. The zero-order valence-corrected chi connectivity index (χ0v) is 11.7. The Labute approximate surface area is 118 Å². The Kier molecular flexibility index (Phi) is 4.46. The highest BCUT2D eigenvalue weighted by atomic mass is 32.1. The fraction of sp³-hybridized carbons (Fsp3) is 0.727. The number of nitrogens with zero attached hydrogens (tertiary/aromatic N) is 3. The van der Waals surface area contributed by atoms with Gasteiger partial charge in [-0.2, -0.15) is 13.2 Å². The molecule has 1 aliphatic rings. The number of amides is 1. The van der Waals surface area contributed by atoms with Gasteiger partial charge >= 0.3 is 6.18 Å². The molecule has 2 rings (SSSR count). The van der Waals surface area contributed by atoms with Crippen LogP contribution in [0.4, 0.5) is 18.3 Å². The number of alkyl halides is 3. The summed E-state index contributed by atoms with van der Waals surface area (Å²) in [6.45, 7) is 1.42. The van der Waals surface area contributed by atoms with E-state index in [1.165, 1.54) is 0 Å². The SMILES string of the molecule is CCCNc1nnc(C(=O)N(CC(F)(F)F)C2CC2)s1. The van der Waals surface area contributed by atoms with Gasteiger partial charge in [-0.1, -0.05) is 18.3 Å². The Morgan fingerprint density at radius 2 is 2.15 bits per heavy atom. The van der Waals surface area contributed by atoms with Gasteiger partial charge in [-0.15, -0.1) is 10.2 Å². The molecule has 0 aromatic carbocycles. The number of carbonyl (C=O) groups excluding carboxylic acids is 1. The average Bonchev–Trinajstić information content (AvgIpc) is 3.10. The van der Waals surface area contributed by atoms with E-state index in [-0.39, 0.29) is 11.0 Å². The van der Waals surface area contributed by atoms with Crippen molar-refractivity contribution in [3.8, 4) is 0 Å². The second kappa shape index (κ2) is 5.94. The number of aromatic nitrogens is 2. The van der Waals surface area contributed by atoms with Crippen LogP contribution in [0.5, 0.6) is 0 Å². The highest BCUT2D eigenvalue weighted by Gasteiger charge is 2.41. The van der Waals surface area contributed by atoms with Crippen molar-refractivity contribution >= 4 is 22.4 Å². The van der Waals surface area contributed by atoms with Gasteiger partial charge in [0.1, 0.15) is 6.54 Å². The molecule has 0 spiro atoms. The Morgan fingerprint density at radius 1 is 1.45 bits per heavy atom. The van der Waals surface area contributed by atoms with E-state index in [0.29, 0.717) is 24.5 Å². The summed E-state index contributed by atoms with van der Waals surface area (Å²) in [4.78, 5) is 12.9. The van der Waals surface area contributed by atoms with Gasteiger partial charge in [0.2, 0.25) is 10.1 Å². The molecule has 20 heavy (non-hydrogen) atoms. The normalized spacial score (nSPS) is 15.2. The van der Waals surface area contributed by atoms with Crippen LogP contribution in [0.25, 0.3) is 0 Å². The molecule has 9 heteroatoms. The van der Waals surface area contributed by atoms with Gasteiger partial charge in [0.25, 0.3) is 5.91 Å². The van der Waals surface area contributed by atoms with E-state index < -0.39 is 18.6 Å². The second-order valence-electron chi connectivity index (χ2n) is 4.62. The molecule has 0 aliphatic heterocycles. The number of hydrogen-bond donors (Lipinski definition) is 1. The third-order valence-electron chi connectivity index (χ3n) is 2.73. The maximum atomic E-state index is 12.5. The zero-order valence-electron chi connectivity index (χ0n) is 10.9. The third-order valence-corrected chi connectivity index (χ3v) is 3.60. The van der Waals surface area contributed by atoms with E-state index in [9.17, 15) is 18.0 Å². The lowest BCUT2D eigenvalue weighted by molar-refractivity contribution is -0.141. The lowest BCUT2D eigenvalue weighted by Gasteiger charge is -2.22. The number of halogens is 3. The molecule has 1 saturated carbocycles. The van der Waals surface area contributed by atoms with E-state index in [2.05, 4.69) is 15.5 Å². The van der Waals surface area contributed by atoms with Crippen molar-refractivity contribution in [3.05, 3.63) is 5.01 Å². The van der Waals surface area contributed by atoms with Crippen molar-refractivity contribution in [1.29, 1.82) is 0 Å². The molecule has 0 bridgehead atoms. The van der Waals surface area contributed by atoms with E-state index in [1.807, 2.05) is 6.92 Å². The summed E-state index contributed by atoms with van der Waals surface area (Å²) >= 11 is 0.989. The summed E-state index contributed by atoms with van der Waals surface area (Å²) in [6.07, 6.45) is -2.29. The highest BCUT2D eigenvalue weighted by Crippen LogP contribution is 2.32. The monoisotopic (exact) mass is 308 g/mol. The number of carbonyl (C=O) groups is 1. The Balaban J connectivity index is 2.05. The van der Waals surface area contributed by atoms with Crippen molar-refractivity contribution < 1.29 is 18.0 Å². The maximum absolute atomic E-state index is 12.5. The smallest absolute Gasteiger partial charge is 0.360 e. The van der Waals surface area contributed by atoms with Crippen molar-refractivity contribution in [1.82, 2.24) is 15.1 Å². The molecule has 1 aliphatic carbocycles. The quantitative estimate of drug-likeness (QED) is 0.877. The van der Waals surface area contributed by atoms with Crippen LogP contribution >= 0.6 is 11.3 Å². The summed E-state index contributed by atoms with van der Waals surface area (Å²) < 4.78 is 37.5. The number of anilines is 1. The van der Waals surface area contributed by atoms with Gasteiger partial charge in [-0.3, -0.25) is 4.79 Å². The van der Waals surface area contributed by atoms with Crippen LogP contribution in [0.2, 0.25) is 0 Å². The zero-order chi connectivity index (χ0) is 14.8. The van der Waals surface area contributed by atoms with Crippen LogP contribution in [-0.2, 0) is 0 Å². The maximum Gasteiger partial charge on any atom is 0.406 e. The molecule has 0 radical (unpaired) electrons. The molecule has 5 nitrogen and oxygen atoms in total. The van der Waals surface area contributed by atoms with Crippen LogP contribution < -0.4 is 5.32 Å². The highest BCUT2D eigenvalue weighted by molar-refractivity contribution is 7.17. The minimum Gasteiger partial charge on any atom is -0.360 e. The van der Waals surface area contributed by atoms with Gasteiger partial charge in [0.15, 0.2) is 0 Å². The Hall–Kier alpha value is -1.38. The number of nitrogens with one attached hydrogen (secondary N) is 1. The molecule has 112 valence electrons. The number of hydrogen-bond acceptors (Lipinski definition) is 5. The minimum absolute atomic E-state index is 0.000229. The molecule has 1 aromatic rings. The van der Waals surface area contributed by atoms with Gasteiger partial charge < -0.3 is 10.2 Å². The van der Waals surface area contributed by atoms with Gasteiger partial charge in [-0.25, -0.2) is 0 Å².